The Bertz CT molecular complexity index is 38.1. The van der Waals surface area contributed by atoms with Crippen LogP contribution in [0.4, 0.5) is 0 Å². The fourth-order valence-corrected chi connectivity index (χ4v) is 0.416. The fraction of sp³-hybridized carbons (Fsp3) is 1.00. The van der Waals surface area contributed by atoms with Crippen LogP contribution in [0.2, 0.25) is 0 Å². The van der Waals surface area contributed by atoms with Crippen molar-refractivity contribution in [1.29, 1.82) is 0 Å². The van der Waals surface area contributed by atoms with Gasteiger partial charge in [0.25, 0.3) is 0 Å². The molecule has 0 radical (unpaired) electrons. The molecule has 0 amide bonds. The Balaban J connectivity index is 2.01. The fourth-order valence-electron chi connectivity index (χ4n) is 0.416. The molecule has 1 fully saturated rings. The quantitative estimate of drug-likeness (QED) is 0.416. The van der Waals surface area contributed by atoms with Crippen molar-refractivity contribution >= 4 is 0 Å². The summed E-state index contributed by atoms with van der Waals surface area (Å²) in [6.07, 6.45) is 1.04. The number of hydrogen-bond donors (Lipinski definition) is 0. The molecule has 0 saturated carbocycles. The maximum atomic E-state index is 9.79. The molecule has 0 N–H and O–H groups in total. The Kier molecular flexibility index (Phi) is 1.08. The van der Waals surface area contributed by atoms with E-state index in [0.29, 0.717) is 0 Å². The van der Waals surface area contributed by atoms with E-state index in [4.69, 9.17) is 4.74 Å². The van der Waals surface area contributed by atoms with E-state index >= 15 is 0 Å². The molecule has 1 aliphatic rings. The van der Waals surface area contributed by atoms with Crippen LogP contribution in [0.3, 0.4) is 0 Å². The minimum absolute atomic E-state index is 0.0556. The maximum Gasteiger partial charge on any atom is 0.0493 e. The van der Waals surface area contributed by atoms with E-state index in [1.54, 1.807) is 0 Å². The normalized spacial score (nSPS) is 32.5. The molecule has 1 saturated heterocycles. The SMILES string of the molecule is [O-]CC1CCO1. The van der Waals surface area contributed by atoms with Gasteiger partial charge in [-0.3, -0.25) is 0 Å². The summed E-state index contributed by atoms with van der Waals surface area (Å²) in [5.74, 6) is 0. The van der Waals surface area contributed by atoms with Crippen LogP contribution < -0.4 is 5.11 Å². The second-order valence-electron chi connectivity index (χ2n) is 1.45. The summed E-state index contributed by atoms with van der Waals surface area (Å²) < 4.78 is 4.77. The smallest absolute Gasteiger partial charge is 0.0493 e. The highest BCUT2D eigenvalue weighted by Crippen LogP contribution is 2.07. The predicted octanol–water partition coefficient (Wildman–Crippen LogP) is -0.864. The van der Waals surface area contributed by atoms with Crippen LogP contribution in [0.15, 0.2) is 0 Å². The Hall–Kier alpha value is -0.0800. The molecule has 0 aromatic rings. The first-order chi connectivity index (χ1) is 2.93. The first-order valence-electron chi connectivity index (χ1n) is 2.13. The van der Waals surface area contributed by atoms with E-state index in [0.717, 1.165) is 13.0 Å². The van der Waals surface area contributed by atoms with Crippen LogP contribution in [0.5, 0.6) is 0 Å². The third-order valence-electron chi connectivity index (χ3n) is 0.979. The summed E-state index contributed by atoms with van der Waals surface area (Å²) in [5.41, 5.74) is 0. The second kappa shape index (κ2) is 1.58. The molecular formula is C4H7O2-. The molecule has 0 aromatic carbocycles. The van der Waals surface area contributed by atoms with Crippen LogP contribution in [0.1, 0.15) is 6.42 Å². The molecule has 0 aliphatic carbocycles. The molecule has 0 aromatic heterocycles. The zero-order chi connectivity index (χ0) is 4.41. The maximum absolute atomic E-state index is 9.79. The molecule has 1 atom stereocenters. The molecule has 1 unspecified atom stereocenters. The zero-order valence-corrected chi connectivity index (χ0v) is 3.52. The van der Waals surface area contributed by atoms with Gasteiger partial charge in [0.2, 0.25) is 0 Å². The van der Waals surface area contributed by atoms with E-state index in [1.165, 1.54) is 0 Å². The van der Waals surface area contributed by atoms with Gasteiger partial charge in [0, 0.05) is 12.7 Å². The Labute approximate surface area is 36.7 Å². The van der Waals surface area contributed by atoms with Crippen LogP contribution in [-0.2, 0) is 4.74 Å². The number of ether oxygens (including phenoxy) is 1. The van der Waals surface area contributed by atoms with Gasteiger partial charge in [0.05, 0.1) is 0 Å². The summed E-state index contributed by atoms with van der Waals surface area (Å²) in [6.45, 7) is 0.743. The van der Waals surface area contributed by atoms with Crippen molar-refractivity contribution in [1.82, 2.24) is 0 Å². The summed E-state index contributed by atoms with van der Waals surface area (Å²) >= 11 is 0. The van der Waals surface area contributed by atoms with Gasteiger partial charge in [-0.25, -0.2) is 0 Å². The standard InChI is InChI=1S/C4H7O2/c5-3-4-1-2-6-4/h4H,1-3H2/q-1. The zero-order valence-electron chi connectivity index (χ0n) is 3.52. The molecule has 1 rings (SSSR count). The molecule has 0 spiro atoms. The predicted molar refractivity (Wildman–Crippen MR) is 19.2 cm³/mol. The first-order valence-corrected chi connectivity index (χ1v) is 2.13. The van der Waals surface area contributed by atoms with Crippen LogP contribution >= 0.6 is 0 Å². The largest absolute Gasteiger partial charge is 0.853 e. The van der Waals surface area contributed by atoms with Crippen molar-refractivity contribution in [2.45, 2.75) is 12.5 Å². The summed E-state index contributed by atoms with van der Waals surface area (Å²) in [6, 6.07) is 0. The molecular weight excluding hydrogens is 80.0 g/mol. The Morgan fingerprint density at radius 1 is 1.83 bits per heavy atom. The van der Waals surface area contributed by atoms with E-state index in [2.05, 4.69) is 0 Å². The van der Waals surface area contributed by atoms with Gasteiger partial charge in [0.1, 0.15) is 0 Å². The van der Waals surface area contributed by atoms with Crippen molar-refractivity contribution < 1.29 is 9.84 Å². The van der Waals surface area contributed by atoms with E-state index < -0.39 is 0 Å². The van der Waals surface area contributed by atoms with Gasteiger partial charge >= 0.3 is 0 Å². The number of hydrogen-bond acceptors (Lipinski definition) is 2. The molecule has 36 valence electrons. The topological polar surface area (TPSA) is 32.3 Å². The third-order valence-corrected chi connectivity index (χ3v) is 0.979. The van der Waals surface area contributed by atoms with E-state index in [1.807, 2.05) is 0 Å². The first kappa shape index (κ1) is 4.09. The van der Waals surface area contributed by atoms with Gasteiger partial charge < -0.3 is 9.84 Å². The molecule has 1 aliphatic heterocycles. The van der Waals surface area contributed by atoms with Crippen LogP contribution in [-0.4, -0.2) is 19.3 Å². The lowest BCUT2D eigenvalue weighted by Crippen LogP contribution is -2.35. The monoisotopic (exact) mass is 87.0 g/mol. The Morgan fingerprint density at radius 3 is 2.50 bits per heavy atom. The highest BCUT2D eigenvalue weighted by atomic mass is 16.5. The van der Waals surface area contributed by atoms with Gasteiger partial charge in [-0.05, 0) is 6.42 Å². The van der Waals surface area contributed by atoms with Crippen LogP contribution in [0, 0.1) is 0 Å². The van der Waals surface area contributed by atoms with Crippen molar-refractivity contribution in [2.75, 3.05) is 13.2 Å². The average molecular weight is 87.1 g/mol. The minimum atomic E-state index is -0.0556. The van der Waals surface area contributed by atoms with Gasteiger partial charge in [-0.15, -0.1) is 6.61 Å². The van der Waals surface area contributed by atoms with Crippen molar-refractivity contribution in [3.8, 4) is 0 Å². The van der Waals surface area contributed by atoms with Gasteiger partial charge in [0.15, 0.2) is 0 Å². The average Bonchev–Trinajstić information content (AvgIpc) is 1.31. The molecule has 2 heteroatoms. The summed E-state index contributed by atoms with van der Waals surface area (Å²) in [5, 5.41) is 9.79. The van der Waals surface area contributed by atoms with Crippen LogP contribution in [0.25, 0.3) is 0 Å². The highest BCUT2D eigenvalue weighted by Gasteiger charge is 2.11. The van der Waals surface area contributed by atoms with Crippen molar-refractivity contribution in [3.63, 3.8) is 0 Å². The minimum Gasteiger partial charge on any atom is -0.853 e. The Morgan fingerprint density at radius 2 is 2.50 bits per heavy atom. The van der Waals surface area contributed by atoms with E-state index in [-0.39, 0.29) is 12.7 Å². The number of rotatable bonds is 1. The third kappa shape index (κ3) is 0.533. The van der Waals surface area contributed by atoms with Gasteiger partial charge in [-0.1, -0.05) is 0 Å². The molecule has 2 nitrogen and oxygen atoms in total. The van der Waals surface area contributed by atoms with Crippen molar-refractivity contribution in [2.24, 2.45) is 0 Å². The lowest BCUT2D eigenvalue weighted by molar-refractivity contribution is -0.395. The molecule has 0 bridgehead atoms. The summed E-state index contributed by atoms with van der Waals surface area (Å²) in [7, 11) is 0. The highest BCUT2D eigenvalue weighted by molar-refractivity contribution is 4.62. The lowest BCUT2D eigenvalue weighted by Gasteiger charge is -2.28. The molecule has 1 heterocycles. The molecule has 6 heavy (non-hydrogen) atoms. The summed E-state index contributed by atoms with van der Waals surface area (Å²) in [4.78, 5) is 0. The van der Waals surface area contributed by atoms with Crippen molar-refractivity contribution in [3.05, 3.63) is 0 Å². The van der Waals surface area contributed by atoms with Gasteiger partial charge in [-0.2, -0.15) is 0 Å². The van der Waals surface area contributed by atoms with E-state index in [9.17, 15) is 5.11 Å². The lowest BCUT2D eigenvalue weighted by atomic mass is 10.2. The second-order valence-corrected chi connectivity index (χ2v) is 1.45.